The number of carbonyl (C=O) groups is 2. The van der Waals surface area contributed by atoms with Gasteiger partial charge < -0.3 is 10.0 Å². The third-order valence-electron chi connectivity index (χ3n) is 5.59. The lowest BCUT2D eigenvalue weighted by molar-refractivity contribution is -0.139. The molecule has 0 radical (unpaired) electrons. The first-order valence-electron chi connectivity index (χ1n) is 9.65. The van der Waals surface area contributed by atoms with E-state index in [1.807, 2.05) is 34.9 Å². The first kappa shape index (κ1) is 21.7. The third-order valence-corrected chi connectivity index (χ3v) is 5.59. The first-order chi connectivity index (χ1) is 12.6. The highest BCUT2D eigenvalue weighted by molar-refractivity contribution is 5.95. The minimum absolute atomic E-state index is 0. The van der Waals surface area contributed by atoms with E-state index in [2.05, 4.69) is 11.0 Å². The summed E-state index contributed by atoms with van der Waals surface area (Å²) in [5, 5.41) is 9.04. The van der Waals surface area contributed by atoms with E-state index in [1.165, 1.54) is 5.56 Å². The summed E-state index contributed by atoms with van der Waals surface area (Å²) in [6, 6.07) is 8.50. The summed E-state index contributed by atoms with van der Waals surface area (Å²) in [7, 11) is 0. The van der Waals surface area contributed by atoms with E-state index in [1.54, 1.807) is 0 Å². The van der Waals surface area contributed by atoms with Crippen molar-refractivity contribution in [2.75, 3.05) is 44.2 Å². The number of aryl methyl sites for hydroxylation is 1. The van der Waals surface area contributed by atoms with E-state index >= 15 is 0 Å². The summed E-state index contributed by atoms with van der Waals surface area (Å²) in [4.78, 5) is 30.0. The maximum Gasteiger partial charge on any atom is 0.317 e. The molecule has 0 aromatic heterocycles. The van der Waals surface area contributed by atoms with Gasteiger partial charge >= 0.3 is 5.97 Å². The number of aliphatic carboxylic acids is 1. The average molecular weight is 396 g/mol. The molecule has 1 N–H and O–H groups in total. The minimum Gasteiger partial charge on any atom is -0.480 e. The van der Waals surface area contributed by atoms with Crippen LogP contribution in [0.2, 0.25) is 0 Å². The number of halogens is 1. The van der Waals surface area contributed by atoms with Gasteiger partial charge in [0.05, 0.1) is 13.1 Å². The zero-order chi connectivity index (χ0) is 18.5. The monoisotopic (exact) mass is 395 g/mol. The fourth-order valence-corrected chi connectivity index (χ4v) is 4.18. The topological polar surface area (TPSA) is 64.1 Å². The zero-order valence-electron chi connectivity index (χ0n) is 16.0. The predicted molar refractivity (Wildman–Crippen MR) is 109 cm³/mol. The maximum atomic E-state index is 12.8. The molecule has 1 aromatic rings. The van der Waals surface area contributed by atoms with Gasteiger partial charge in [0.25, 0.3) is 0 Å². The van der Waals surface area contributed by atoms with Crippen molar-refractivity contribution in [2.24, 2.45) is 0 Å². The molecule has 0 saturated carbocycles. The van der Waals surface area contributed by atoms with Crippen LogP contribution in [0.3, 0.4) is 0 Å². The molecule has 7 heteroatoms. The number of carboxylic acids is 1. The van der Waals surface area contributed by atoms with Gasteiger partial charge in [0.15, 0.2) is 0 Å². The van der Waals surface area contributed by atoms with Gasteiger partial charge in [-0.25, -0.2) is 0 Å². The number of anilines is 1. The van der Waals surface area contributed by atoms with Gasteiger partial charge in [-0.3, -0.25) is 19.4 Å². The Balaban J connectivity index is 0.00000261. The quantitative estimate of drug-likeness (QED) is 0.800. The number of likely N-dealkylation sites (tertiary alicyclic amines) is 1. The van der Waals surface area contributed by atoms with Crippen molar-refractivity contribution in [3.05, 3.63) is 29.8 Å². The van der Waals surface area contributed by atoms with Crippen molar-refractivity contribution in [1.29, 1.82) is 0 Å². The number of benzene rings is 1. The van der Waals surface area contributed by atoms with E-state index in [0.717, 1.165) is 57.5 Å². The molecule has 0 aliphatic carbocycles. The van der Waals surface area contributed by atoms with Gasteiger partial charge in [-0.15, -0.1) is 12.4 Å². The number of hydrogen-bond acceptors (Lipinski definition) is 4. The van der Waals surface area contributed by atoms with Crippen LogP contribution in [0.25, 0.3) is 0 Å². The van der Waals surface area contributed by atoms with Crippen LogP contribution in [0.15, 0.2) is 24.3 Å². The summed E-state index contributed by atoms with van der Waals surface area (Å²) in [6.07, 6.45) is 3.91. The Hall–Kier alpha value is -1.63. The first-order valence-corrected chi connectivity index (χ1v) is 9.65. The summed E-state index contributed by atoms with van der Waals surface area (Å²) < 4.78 is 0. The minimum atomic E-state index is -0.770. The fraction of sp³-hybridized carbons (Fsp3) is 0.600. The second-order valence-corrected chi connectivity index (χ2v) is 7.24. The number of para-hydroxylation sites is 1. The zero-order valence-corrected chi connectivity index (χ0v) is 16.8. The molecule has 150 valence electrons. The van der Waals surface area contributed by atoms with Crippen LogP contribution in [0.4, 0.5) is 5.69 Å². The Morgan fingerprint density at radius 1 is 1.19 bits per heavy atom. The van der Waals surface area contributed by atoms with E-state index in [-0.39, 0.29) is 24.9 Å². The van der Waals surface area contributed by atoms with E-state index in [9.17, 15) is 9.59 Å². The summed E-state index contributed by atoms with van der Waals surface area (Å²) in [6.45, 7) is 5.81. The number of carboxylic acid groups (broad SMARTS) is 1. The number of fused-ring (bicyclic) bond motifs is 1. The van der Waals surface area contributed by atoms with E-state index in [0.29, 0.717) is 12.6 Å². The van der Waals surface area contributed by atoms with Crippen molar-refractivity contribution in [3.8, 4) is 0 Å². The van der Waals surface area contributed by atoms with Gasteiger partial charge in [-0.1, -0.05) is 25.1 Å². The predicted octanol–water partition coefficient (Wildman–Crippen LogP) is 2.26. The lowest BCUT2D eigenvalue weighted by Crippen LogP contribution is -2.49. The molecular formula is C20H30ClN3O3. The van der Waals surface area contributed by atoms with Crippen molar-refractivity contribution < 1.29 is 14.7 Å². The number of carbonyl (C=O) groups excluding carboxylic acids is 1. The number of likely N-dealkylation sites (N-methyl/N-ethyl adjacent to an activating group) is 1. The fourth-order valence-electron chi connectivity index (χ4n) is 4.18. The molecular weight excluding hydrogens is 366 g/mol. The van der Waals surface area contributed by atoms with Crippen LogP contribution >= 0.6 is 12.4 Å². The number of rotatable bonds is 6. The van der Waals surface area contributed by atoms with Crippen molar-refractivity contribution in [1.82, 2.24) is 9.80 Å². The number of hydrogen-bond donors (Lipinski definition) is 1. The van der Waals surface area contributed by atoms with Gasteiger partial charge in [-0.05, 0) is 43.9 Å². The second kappa shape index (κ2) is 10.1. The largest absolute Gasteiger partial charge is 0.480 e. The number of nitrogens with zero attached hydrogens (tertiary/aromatic N) is 3. The van der Waals surface area contributed by atoms with Gasteiger partial charge in [-0.2, -0.15) is 0 Å². The molecule has 2 aliphatic heterocycles. The molecule has 2 heterocycles. The van der Waals surface area contributed by atoms with Crippen LogP contribution in [0, 0.1) is 0 Å². The number of amides is 1. The maximum absolute atomic E-state index is 12.8. The molecule has 2 aliphatic rings. The van der Waals surface area contributed by atoms with Crippen molar-refractivity contribution >= 4 is 30.0 Å². The van der Waals surface area contributed by atoms with Gasteiger partial charge in [0.2, 0.25) is 5.91 Å². The normalized spacial score (nSPS) is 18.1. The highest BCUT2D eigenvalue weighted by atomic mass is 35.5. The summed E-state index contributed by atoms with van der Waals surface area (Å²) in [5.41, 5.74) is 2.33. The Bertz CT molecular complexity index is 647. The highest BCUT2D eigenvalue weighted by Crippen LogP contribution is 2.27. The van der Waals surface area contributed by atoms with Crippen molar-refractivity contribution in [2.45, 2.75) is 38.6 Å². The Morgan fingerprint density at radius 3 is 2.56 bits per heavy atom. The lowest BCUT2D eigenvalue weighted by atomic mass is 10.0. The summed E-state index contributed by atoms with van der Waals surface area (Å²) in [5.74, 6) is -0.596. The van der Waals surface area contributed by atoms with Gasteiger partial charge in [0, 0.05) is 31.4 Å². The smallest absolute Gasteiger partial charge is 0.317 e. The molecule has 1 fully saturated rings. The lowest BCUT2D eigenvalue weighted by Gasteiger charge is -2.38. The van der Waals surface area contributed by atoms with E-state index < -0.39 is 5.97 Å². The van der Waals surface area contributed by atoms with Gasteiger partial charge in [0.1, 0.15) is 0 Å². The molecule has 1 amide bonds. The molecule has 0 spiro atoms. The third kappa shape index (κ3) is 5.43. The van der Waals surface area contributed by atoms with Crippen LogP contribution in [-0.2, 0) is 16.0 Å². The summed E-state index contributed by atoms with van der Waals surface area (Å²) >= 11 is 0. The Kier molecular flexibility index (Phi) is 8.07. The van der Waals surface area contributed by atoms with Crippen LogP contribution in [0.1, 0.15) is 31.7 Å². The van der Waals surface area contributed by atoms with Crippen LogP contribution in [-0.4, -0.2) is 72.1 Å². The van der Waals surface area contributed by atoms with Crippen LogP contribution < -0.4 is 4.90 Å². The van der Waals surface area contributed by atoms with Crippen molar-refractivity contribution in [3.63, 3.8) is 0 Å². The number of piperidine rings is 1. The van der Waals surface area contributed by atoms with E-state index in [4.69, 9.17) is 5.11 Å². The molecule has 3 rings (SSSR count). The molecule has 0 bridgehead atoms. The molecule has 1 saturated heterocycles. The molecule has 0 unspecified atom stereocenters. The molecule has 0 atom stereocenters. The molecule has 6 nitrogen and oxygen atoms in total. The van der Waals surface area contributed by atoms with Crippen LogP contribution in [0.5, 0.6) is 0 Å². The second-order valence-electron chi connectivity index (χ2n) is 7.24. The Labute approximate surface area is 167 Å². The molecule has 1 aromatic carbocycles. The standard InChI is InChI=1S/C20H29N3O3.ClH/c1-2-22(15-20(25)26)17-9-12-21(13-10-17)14-19(24)23-11-5-7-16-6-3-4-8-18(16)23;/h3-4,6,8,17H,2,5,7,9-15H2,1H3,(H,25,26);1H. The molecule has 27 heavy (non-hydrogen) atoms. The highest BCUT2D eigenvalue weighted by Gasteiger charge is 2.28. The average Bonchev–Trinajstić information content (AvgIpc) is 2.66. The Morgan fingerprint density at radius 2 is 1.89 bits per heavy atom. The SMILES string of the molecule is CCN(CC(=O)O)C1CCN(CC(=O)N2CCCc3ccccc32)CC1.Cl.